The van der Waals surface area contributed by atoms with Gasteiger partial charge in [0.05, 0.1) is 0 Å². The van der Waals surface area contributed by atoms with Crippen LogP contribution in [0.2, 0.25) is 0 Å². The third kappa shape index (κ3) is 3.91. The summed E-state index contributed by atoms with van der Waals surface area (Å²) in [5, 5.41) is 24.9. The number of hydrogen-bond acceptors (Lipinski definition) is 5. The van der Waals surface area contributed by atoms with Crippen LogP contribution in [0, 0.1) is 5.92 Å². The molecule has 116 valence electrons. The number of aliphatic hydroxyl groups excluding tert-OH is 1. The van der Waals surface area contributed by atoms with Gasteiger partial charge in [0.2, 0.25) is 5.13 Å². The predicted molar refractivity (Wildman–Crippen MR) is 81.5 cm³/mol. The fourth-order valence-electron chi connectivity index (χ4n) is 2.87. The Bertz CT molecular complexity index is 489. The van der Waals surface area contributed by atoms with E-state index in [1.165, 1.54) is 30.6 Å². The first-order valence-electron chi connectivity index (χ1n) is 7.78. The number of rotatable bonds is 4. The Morgan fingerprint density at radius 2 is 2.00 bits per heavy atom. The fraction of sp³-hybridized carbons (Fsp3) is 0.786. The maximum Gasteiger partial charge on any atom is 0.321 e. The van der Waals surface area contributed by atoms with Crippen molar-refractivity contribution in [2.24, 2.45) is 5.92 Å². The van der Waals surface area contributed by atoms with E-state index in [-0.39, 0.29) is 24.6 Å². The molecule has 21 heavy (non-hydrogen) atoms. The highest BCUT2D eigenvalue weighted by atomic mass is 32.1. The van der Waals surface area contributed by atoms with Crippen molar-refractivity contribution in [3.63, 3.8) is 0 Å². The molecule has 2 aliphatic rings. The first kappa shape index (κ1) is 14.7. The topological polar surface area (TPSA) is 87.1 Å². The molecule has 2 unspecified atom stereocenters. The Morgan fingerprint density at radius 1 is 1.19 bits per heavy atom. The summed E-state index contributed by atoms with van der Waals surface area (Å²) >= 11 is 1.46. The van der Waals surface area contributed by atoms with Gasteiger partial charge in [-0.25, -0.2) is 4.79 Å². The van der Waals surface area contributed by atoms with Crippen molar-refractivity contribution >= 4 is 22.5 Å². The number of nitrogens with zero attached hydrogens (tertiary/aromatic N) is 2. The molecule has 0 spiro atoms. The van der Waals surface area contributed by atoms with Crippen LogP contribution in [0.25, 0.3) is 0 Å². The minimum absolute atomic E-state index is 0.0494. The van der Waals surface area contributed by atoms with Crippen LogP contribution in [0.3, 0.4) is 0 Å². The SMILES string of the molecule is O=C(Nc1nnc(C2CC2)s1)NC1CCCCCC1CO. The van der Waals surface area contributed by atoms with Crippen molar-refractivity contribution in [1.29, 1.82) is 0 Å². The van der Waals surface area contributed by atoms with Crippen molar-refractivity contribution in [3.8, 4) is 0 Å². The van der Waals surface area contributed by atoms with Crippen molar-refractivity contribution in [3.05, 3.63) is 5.01 Å². The number of carbonyl (C=O) groups is 1. The van der Waals surface area contributed by atoms with E-state index in [4.69, 9.17) is 0 Å². The van der Waals surface area contributed by atoms with Gasteiger partial charge < -0.3 is 10.4 Å². The molecule has 0 aromatic carbocycles. The quantitative estimate of drug-likeness (QED) is 0.746. The molecule has 2 atom stereocenters. The van der Waals surface area contributed by atoms with Gasteiger partial charge in [0.1, 0.15) is 5.01 Å². The molecule has 7 heteroatoms. The first-order chi connectivity index (χ1) is 10.3. The number of amides is 2. The van der Waals surface area contributed by atoms with Crippen LogP contribution < -0.4 is 10.6 Å². The Morgan fingerprint density at radius 3 is 2.76 bits per heavy atom. The van der Waals surface area contributed by atoms with Gasteiger partial charge in [-0.3, -0.25) is 5.32 Å². The lowest BCUT2D eigenvalue weighted by atomic mass is 9.96. The van der Waals surface area contributed by atoms with Gasteiger partial charge in [-0.15, -0.1) is 10.2 Å². The molecule has 2 fully saturated rings. The van der Waals surface area contributed by atoms with Gasteiger partial charge in [-0.2, -0.15) is 0 Å². The Hall–Kier alpha value is -1.21. The van der Waals surface area contributed by atoms with Crippen LogP contribution in [-0.4, -0.2) is 34.0 Å². The van der Waals surface area contributed by atoms with E-state index in [2.05, 4.69) is 20.8 Å². The number of anilines is 1. The van der Waals surface area contributed by atoms with E-state index in [0.29, 0.717) is 11.0 Å². The van der Waals surface area contributed by atoms with Crippen LogP contribution in [0.4, 0.5) is 9.93 Å². The molecule has 1 aromatic heterocycles. The Kier molecular flexibility index (Phi) is 4.70. The molecule has 2 aliphatic carbocycles. The monoisotopic (exact) mass is 310 g/mol. The summed E-state index contributed by atoms with van der Waals surface area (Å²) in [6.45, 7) is 0.135. The number of aliphatic hydroxyl groups is 1. The van der Waals surface area contributed by atoms with Gasteiger partial charge in [0.25, 0.3) is 0 Å². The van der Waals surface area contributed by atoms with Crippen LogP contribution in [-0.2, 0) is 0 Å². The molecule has 6 nitrogen and oxygen atoms in total. The second kappa shape index (κ2) is 6.70. The molecule has 1 aromatic rings. The standard InChI is InChI=1S/C14H22N4O2S/c19-8-10-4-2-1-3-5-11(10)15-13(20)16-14-18-17-12(21-14)9-6-7-9/h9-11,19H,1-8H2,(H2,15,16,18,20). The normalized spacial score (nSPS) is 26.1. The van der Waals surface area contributed by atoms with E-state index in [0.717, 1.165) is 30.7 Å². The number of aromatic nitrogens is 2. The first-order valence-corrected chi connectivity index (χ1v) is 8.59. The third-order valence-corrected chi connectivity index (χ3v) is 5.30. The number of urea groups is 1. The molecule has 2 amide bonds. The third-order valence-electron chi connectivity index (χ3n) is 4.30. The summed E-state index contributed by atoms with van der Waals surface area (Å²) in [7, 11) is 0. The molecule has 0 aliphatic heterocycles. The minimum atomic E-state index is -0.237. The maximum absolute atomic E-state index is 12.1. The largest absolute Gasteiger partial charge is 0.396 e. The molecule has 0 radical (unpaired) electrons. The van der Waals surface area contributed by atoms with E-state index in [1.54, 1.807) is 0 Å². The average Bonchev–Trinajstić information content (AvgIpc) is 3.25. The van der Waals surface area contributed by atoms with Crippen molar-refractivity contribution in [2.45, 2.75) is 56.9 Å². The molecular weight excluding hydrogens is 288 g/mol. The molecule has 3 N–H and O–H groups in total. The minimum Gasteiger partial charge on any atom is -0.396 e. The van der Waals surface area contributed by atoms with Gasteiger partial charge in [0, 0.05) is 24.5 Å². The average molecular weight is 310 g/mol. The number of nitrogens with one attached hydrogen (secondary N) is 2. The van der Waals surface area contributed by atoms with E-state index in [1.807, 2.05) is 0 Å². The zero-order valence-electron chi connectivity index (χ0n) is 12.0. The highest BCUT2D eigenvalue weighted by Crippen LogP contribution is 2.42. The zero-order chi connectivity index (χ0) is 14.7. The summed E-state index contributed by atoms with van der Waals surface area (Å²) < 4.78 is 0. The lowest BCUT2D eigenvalue weighted by molar-refractivity contribution is 0.182. The predicted octanol–water partition coefficient (Wildman–Crippen LogP) is 2.48. The molecule has 0 saturated heterocycles. The maximum atomic E-state index is 12.1. The van der Waals surface area contributed by atoms with E-state index < -0.39 is 0 Å². The summed E-state index contributed by atoms with van der Waals surface area (Å²) in [6.07, 6.45) is 7.69. The van der Waals surface area contributed by atoms with Gasteiger partial charge in [0.15, 0.2) is 0 Å². The molecular formula is C14H22N4O2S. The second-order valence-electron chi connectivity index (χ2n) is 6.01. The highest BCUT2D eigenvalue weighted by Gasteiger charge is 2.28. The Labute approximate surface area is 128 Å². The summed E-state index contributed by atoms with van der Waals surface area (Å²) in [5.41, 5.74) is 0. The van der Waals surface area contributed by atoms with Crippen LogP contribution in [0.5, 0.6) is 0 Å². The van der Waals surface area contributed by atoms with E-state index >= 15 is 0 Å². The van der Waals surface area contributed by atoms with Crippen LogP contribution in [0.1, 0.15) is 55.9 Å². The molecule has 2 saturated carbocycles. The molecule has 0 bridgehead atoms. The van der Waals surface area contributed by atoms with Gasteiger partial charge in [-0.1, -0.05) is 30.6 Å². The highest BCUT2D eigenvalue weighted by molar-refractivity contribution is 7.15. The Balaban J connectivity index is 1.54. The van der Waals surface area contributed by atoms with Gasteiger partial charge >= 0.3 is 6.03 Å². The number of hydrogen-bond donors (Lipinski definition) is 3. The van der Waals surface area contributed by atoms with Crippen molar-refractivity contribution < 1.29 is 9.90 Å². The summed E-state index contributed by atoms with van der Waals surface area (Å²) in [4.78, 5) is 12.1. The van der Waals surface area contributed by atoms with Gasteiger partial charge in [-0.05, 0) is 25.7 Å². The molecule has 3 rings (SSSR count). The lowest BCUT2D eigenvalue weighted by Crippen LogP contribution is -2.43. The number of carbonyl (C=O) groups excluding carboxylic acids is 1. The lowest BCUT2D eigenvalue weighted by Gasteiger charge is -2.24. The summed E-state index contributed by atoms with van der Waals surface area (Å²) in [6, 6.07) is -0.188. The smallest absolute Gasteiger partial charge is 0.321 e. The van der Waals surface area contributed by atoms with Crippen molar-refractivity contribution in [1.82, 2.24) is 15.5 Å². The summed E-state index contributed by atoms with van der Waals surface area (Å²) in [5.74, 6) is 0.719. The fourth-order valence-corrected chi connectivity index (χ4v) is 3.78. The van der Waals surface area contributed by atoms with Crippen LogP contribution in [0.15, 0.2) is 0 Å². The van der Waals surface area contributed by atoms with Crippen molar-refractivity contribution in [2.75, 3.05) is 11.9 Å². The van der Waals surface area contributed by atoms with Crippen LogP contribution >= 0.6 is 11.3 Å². The molecule has 1 heterocycles. The zero-order valence-corrected chi connectivity index (χ0v) is 12.9. The second-order valence-corrected chi connectivity index (χ2v) is 7.01. The van der Waals surface area contributed by atoms with E-state index in [9.17, 15) is 9.90 Å².